The molecule has 10 heteroatoms. The van der Waals surface area contributed by atoms with Crippen LogP contribution < -0.4 is 4.74 Å². The van der Waals surface area contributed by atoms with Crippen LogP contribution in [0.1, 0.15) is 31.8 Å². The van der Waals surface area contributed by atoms with E-state index in [0.29, 0.717) is 11.1 Å². The number of halogens is 2. The highest BCUT2D eigenvalue weighted by molar-refractivity contribution is 6.01. The van der Waals surface area contributed by atoms with E-state index in [-0.39, 0.29) is 30.9 Å². The van der Waals surface area contributed by atoms with Gasteiger partial charge in [-0.3, -0.25) is 9.69 Å². The number of ether oxygens (including phenoxy) is 1. The van der Waals surface area contributed by atoms with Gasteiger partial charge in [0.2, 0.25) is 0 Å². The summed E-state index contributed by atoms with van der Waals surface area (Å²) in [6, 6.07) is 9.39. The third-order valence-electron chi connectivity index (χ3n) is 3.86. The molecule has 0 aliphatic heterocycles. The summed E-state index contributed by atoms with van der Waals surface area (Å²) in [6.45, 7) is -3.17. The summed E-state index contributed by atoms with van der Waals surface area (Å²) >= 11 is 0. The van der Waals surface area contributed by atoms with Crippen LogP contribution in [0, 0.1) is 0 Å². The zero-order chi connectivity index (χ0) is 21.6. The van der Waals surface area contributed by atoms with Gasteiger partial charge in [0.05, 0.1) is 17.7 Å². The molecule has 29 heavy (non-hydrogen) atoms. The van der Waals surface area contributed by atoms with E-state index in [2.05, 4.69) is 4.74 Å². The molecule has 0 saturated heterocycles. The van der Waals surface area contributed by atoms with E-state index in [4.69, 9.17) is 10.2 Å². The normalized spacial score (nSPS) is 10.9. The molecule has 2 aromatic rings. The topological polar surface area (TPSA) is 124 Å². The molecule has 0 saturated carbocycles. The molecule has 0 heterocycles. The van der Waals surface area contributed by atoms with E-state index in [1.807, 2.05) is 0 Å². The van der Waals surface area contributed by atoms with Crippen molar-refractivity contribution in [3.8, 4) is 5.75 Å². The number of carboxylic acids is 3. The SMILES string of the molecule is O=C(O)CN(Cc1ccc(OC(F)F)cc1)Cc1ccc(C(=O)O)c(C(=O)O)c1. The van der Waals surface area contributed by atoms with Crippen molar-refractivity contribution in [1.82, 2.24) is 4.90 Å². The minimum Gasteiger partial charge on any atom is -0.480 e. The monoisotopic (exact) mass is 409 g/mol. The van der Waals surface area contributed by atoms with Crippen molar-refractivity contribution in [1.29, 1.82) is 0 Å². The van der Waals surface area contributed by atoms with Gasteiger partial charge in [0.1, 0.15) is 5.75 Å². The summed E-state index contributed by atoms with van der Waals surface area (Å²) in [5.74, 6) is -3.96. The molecule has 0 amide bonds. The molecule has 0 aromatic heterocycles. The molecule has 0 radical (unpaired) electrons. The molecule has 3 N–H and O–H groups in total. The van der Waals surface area contributed by atoms with E-state index < -0.39 is 30.1 Å². The Kier molecular flexibility index (Phi) is 7.21. The lowest BCUT2D eigenvalue weighted by Crippen LogP contribution is -2.29. The van der Waals surface area contributed by atoms with Gasteiger partial charge in [0, 0.05) is 13.1 Å². The molecular formula is C19H17F2NO7. The number of benzene rings is 2. The van der Waals surface area contributed by atoms with Crippen LogP contribution >= 0.6 is 0 Å². The van der Waals surface area contributed by atoms with Crippen LogP contribution in [-0.2, 0) is 17.9 Å². The van der Waals surface area contributed by atoms with Crippen molar-refractivity contribution in [3.05, 3.63) is 64.7 Å². The predicted octanol–water partition coefficient (Wildman–Crippen LogP) is 2.77. The standard InChI is InChI=1S/C19H17F2NO7/c20-19(21)29-13-4-1-11(2-5-13)8-22(10-16(23)24)9-12-3-6-14(17(25)26)15(7-12)18(27)28/h1-7,19H,8-10H2,(H,23,24)(H,25,26)(H,27,28). The van der Waals surface area contributed by atoms with Crippen LogP contribution in [0.3, 0.4) is 0 Å². The summed E-state index contributed by atoms with van der Waals surface area (Å²) in [7, 11) is 0. The number of rotatable bonds is 10. The van der Waals surface area contributed by atoms with Gasteiger partial charge in [-0.15, -0.1) is 0 Å². The Morgan fingerprint density at radius 2 is 1.41 bits per heavy atom. The first-order valence-corrected chi connectivity index (χ1v) is 8.23. The maximum Gasteiger partial charge on any atom is 0.387 e. The molecule has 8 nitrogen and oxygen atoms in total. The average molecular weight is 409 g/mol. The molecule has 2 rings (SSSR count). The molecule has 0 aliphatic rings. The lowest BCUT2D eigenvalue weighted by molar-refractivity contribution is -0.138. The minimum atomic E-state index is -2.96. The van der Waals surface area contributed by atoms with Crippen molar-refractivity contribution in [3.63, 3.8) is 0 Å². The van der Waals surface area contributed by atoms with Crippen LogP contribution in [0.5, 0.6) is 5.75 Å². The number of hydrogen-bond acceptors (Lipinski definition) is 5. The van der Waals surface area contributed by atoms with Crippen LogP contribution in [0.25, 0.3) is 0 Å². The van der Waals surface area contributed by atoms with Gasteiger partial charge in [0.15, 0.2) is 0 Å². The smallest absolute Gasteiger partial charge is 0.387 e. The second-order valence-corrected chi connectivity index (χ2v) is 6.05. The van der Waals surface area contributed by atoms with E-state index in [1.165, 1.54) is 41.3 Å². The highest BCUT2D eigenvalue weighted by atomic mass is 19.3. The van der Waals surface area contributed by atoms with Gasteiger partial charge in [-0.1, -0.05) is 18.2 Å². The van der Waals surface area contributed by atoms with Crippen molar-refractivity contribution >= 4 is 17.9 Å². The van der Waals surface area contributed by atoms with E-state index in [9.17, 15) is 28.3 Å². The Hall–Kier alpha value is -3.53. The Morgan fingerprint density at radius 1 is 0.862 bits per heavy atom. The summed E-state index contributed by atoms with van der Waals surface area (Å²) in [5, 5.41) is 27.4. The molecule has 154 valence electrons. The van der Waals surface area contributed by atoms with Crippen LogP contribution in [0.2, 0.25) is 0 Å². The number of hydrogen-bond donors (Lipinski definition) is 3. The first-order chi connectivity index (χ1) is 13.7. The summed E-state index contributed by atoms with van der Waals surface area (Å²) in [4.78, 5) is 35.1. The summed E-state index contributed by atoms with van der Waals surface area (Å²) in [6.07, 6.45) is 0. The second-order valence-electron chi connectivity index (χ2n) is 6.05. The van der Waals surface area contributed by atoms with Gasteiger partial charge >= 0.3 is 24.5 Å². The third-order valence-corrected chi connectivity index (χ3v) is 3.86. The molecular weight excluding hydrogens is 392 g/mol. The molecule has 0 bridgehead atoms. The fraction of sp³-hybridized carbons (Fsp3) is 0.211. The molecule has 0 atom stereocenters. The fourth-order valence-corrected chi connectivity index (χ4v) is 2.70. The summed E-state index contributed by atoms with van der Waals surface area (Å²) < 4.78 is 28.7. The van der Waals surface area contributed by atoms with E-state index >= 15 is 0 Å². The van der Waals surface area contributed by atoms with Crippen molar-refractivity contribution in [2.24, 2.45) is 0 Å². The Morgan fingerprint density at radius 3 is 1.93 bits per heavy atom. The molecule has 0 fully saturated rings. The number of alkyl halides is 2. The number of aromatic carboxylic acids is 2. The zero-order valence-corrected chi connectivity index (χ0v) is 14.9. The highest BCUT2D eigenvalue weighted by Crippen LogP contribution is 2.18. The van der Waals surface area contributed by atoms with E-state index in [1.54, 1.807) is 0 Å². The largest absolute Gasteiger partial charge is 0.480 e. The fourth-order valence-electron chi connectivity index (χ4n) is 2.70. The van der Waals surface area contributed by atoms with Gasteiger partial charge in [-0.05, 0) is 35.4 Å². The second kappa shape index (κ2) is 9.60. The third kappa shape index (κ3) is 6.54. The number of nitrogens with zero attached hydrogens (tertiary/aromatic N) is 1. The van der Waals surface area contributed by atoms with Crippen molar-refractivity contribution in [2.75, 3.05) is 6.54 Å². The Balaban J connectivity index is 2.20. The lowest BCUT2D eigenvalue weighted by Gasteiger charge is -2.21. The molecule has 0 spiro atoms. The zero-order valence-electron chi connectivity index (χ0n) is 14.9. The van der Waals surface area contributed by atoms with Crippen LogP contribution in [0.4, 0.5) is 8.78 Å². The van der Waals surface area contributed by atoms with Gasteiger partial charge < -0.3 is 20.1 Å². The molecule has 0 unspecified atom stereocenters. The van der Waals surface area contributed by atoms with Crippen molar-refractivity contribution in [2.45, 2.75) is 19.7 Å². The quantitative estimate of drug-likeness (QED) is 0.547. The Bertz CT molecular complexity index is 900. The van der Waals surface area contributed by atoms with Crippen molar-refractivity contribution < 1.29 is 43.2 Å². The molecule has 2 aromatic carbocycles. The summed E-state index contributed by atoms with van der Waals surface area (Å²) in [5.41, 5.74) is 0.249. The first kappa shape index (κ1) is 21.8. The van der Waals surface area contributed by atoms with Crippen LogP contribution in [0.15, 0.2) is 42.5 Å². The van der Waals surface area contributed by atoms with Gasteiger partial charge in [-0.2, -0.15) is 8.78 Å². The van der Waals surface area contributed by atoms with Crippen LogP contribution in [-0.4, -0.2) is 51.3 Å². The first-order valence-electron chi connectivity index (χ1n) is 8.23. The average Bonchev–Trinajstić information content (AvgIpc) is 2.62. The highest BCUT2D eigenvalue weighted by Gasteiger charge is 2.18. The predicted molar refractivity (Wildman–Crippen MR) is 95.2 cm³/mol. The van der Waals surface area contributed by atoms with E-state index in [0.717, 1.165) is 6.07 Å². The number of carboxylic acid groups (broad SMARTS) is 3. The minimum absolute atomic E-state index is 0.0295. The Labute approximate surface area is 163 Å². The number of aliphatic carboxylic acids is 1. The lowest BCUT2D eigenvalue weighted by atomic mass is 10.0. The maximum absolute atomic E-state index is 12.2. The maximum atomic E-state index is 12.2. The van der Waals surface area contributed by atoms with Gasteiger partial charge in [0.25, 0.3) is 0 Å². The number of carbonyl (C=O) groups is 3. The van der Waals surface area contributed by atoms with Gasteiger partial charge in [-0.25, -0.2) is 9.59 Å². The molecule has 0 aliphatic carbocycles.